The fraction of sp³-hybridized carbons (Fsp3) is 0.474. The summed E-state index contributed by atoms with van der Waals surface area (Å²) in [4.78, 5) is 17.5. The number of benzene rings is 1. The van der Waals surface area contributed by atoms with Crippen LogP contribution < -0.4 is 5.56 Å². The van der Waals surface area contributed by atoms with Crippen molar-refractivity contribution in [2.45, 2.75) is 50.5 Å². The second-order valence-electron chi connectivity index (χ2n) is 7.34. The predicted molar refractivity (Wildman–Crippen MR) is 102 cm³/mol. The average Bonchev–Trinajstić information content (AvgIpc) is 2.91. The third-order valence-electron chi connectivity index (χ3n) is 4.89. The van der Waals surface area contributed by atoms with Gasteiger partial charge in [-0.25, -0.2) is 4.99 Å². The number of aromatic amines is 1. The summed E-state index contributed by atoms with van der Waals surface area (Å²) in [5.41, 5.74) is 1.69. The SMILES string of the molecule is CC1=Nc2c(c(=O)[nH]n2[C@H]2CCOC(C)(C)C2)[C@H](c2ccccc2)S1. The topological polar surface area (TPSA) is 59.4 Å². The highest BCUT2D eigenvalue weighted by Crippen LogP contribution is 2.45. The van der Waals surface area contributed by atoms with Crippen LogP contribution in [0.4, 0.5) is 5.82 Å². The molecule has 2 atom stereocenters. The van der Waals surface area contributed by atoms with E-state index in [1.165, 1.54) is 0 Å². The van der Waals surface area contributed by atoms with Gasteiger partial charge in [0.25, 0.3) is 5.56 Å². The molecule has 0 bridgehead atoms. The molecule has 0 aliphatic carbocycles. The van der Waals surface area contributed by atoms with Crippen LogP contribution in [0.2, 0.25) is 0 Å². The van der Waals surface area contributed by atoms with Crippen molar-refractivity contribution in [3.8, 4) is 0 Å². The second kappa shape index (κ2) is 6.18. The van der Waals surface area contributed by atoms with E-state index in [1.807, 2.05) is 29.8 Å². The Morgan fingerprint density at radius 2 is 2.08 bits per heavy atom. The maximum Gasteiger partial charge on any atom is 0.271 e. The quantitative estimate of drug-likeness (QED) is 0.876. The Morgan fingerprint density at radius 1 is 1.32 bits per heavy atom. The highest BCUT2D eigenvalue weighted by molar-refractivity contribution is 8.14. The summed E-state index contributed by atoms with van der Waals surface area (Å²) >= 11 is 1.65. The van der Waals surface area contributed by atoms with E-state index in [0.29, 0.717) is 6.61 Å². The first-order chi connectivity index (χ1) is 11.9. The standard InChI is InChI=1S/C19H23N3O2S/c1-12-20-17-15(16(25-12)13-7-5-4-6-8-13)18(23)21-22(17)14-9-10-24-19(2,3)11-14/h4-8,14,16H,9-11H2,1-3H3,(H,21,23)/t14-,16-/m0/s1. The molecule has 25 heavy (non-hydrogen) atoms. The number of hydrogen-bond acceptors (Lipinski definition) is 4. The summed E-state index contributed by atoms with van der Waals surface area (Å²) in [7, 11) is 0. The fourth-order valence-electron chi connectivity index (χ4n) is 3.76. The largest absolute Gasteiger partial charge is 0.375 e. The molecule has 1 aromatic carbocycles. The van der Waals surface area contributed by atoms with Crippen LogP contribution in [0.3, 0.4) is 0 Å². The van der Waals surface area contributed by atoms with Crippen molar-refractivity contribution in [1.82, 2.24) is 9.78 Å². The Morgan fingerprint density at radius 3 is 2.80 bits per heavy atom. The Kier molecular flexibility index (Phi) is 4.12. The second-order valence-corrected chi connectivity index (χ2v) is 8.64. The molecule has 1 saturated heterocycles. The molecule has 2 aromatic rings. The van der Waals surface area contributed by atoms with Crippen molar-refractivity contribution in [3.05, 3.63) is 51.8 Å². The monoisotopic (exact) mass is 357 g/mol. The van der Waals surface area contributed by atoms with E-state index in [0.717, 1.165) is 34.8 Å². The summed E-state index contributed by atoms with van der Waals surface area (Å²) < 4.78 is 7.82. The van der Waals surface area contributed by atoms with Crippen molar-refractivity contribution in [2.75, 3.05) is 6.61 Å². The summed E-state index contributed by atoms with van der Waals surface area (Å²) in [5.74, 6) is 0.790. The minimum atomic E-state index is -0.183. The minimum absolute atomic E-state index is 0.00782. The first kappa shape index (κ1) is 16.7. The lowest BCUT2D eigenvalue weighted by Gasteiger charge is -2.36. The highest BCUT2D eigenvalue weighted by Gasteiger charge is 2.35. The molecule has 4 rings (SSSR count). The maximum atomic E-state index is 12.8. The van der Waals surface area contributed by atoms with E-state index in [2.05, 4.69) is 31.1 Å². The van der Waals surface area contributed by atoms with Crippen LogP contribution in [0.1, 0.15) is 56.0 Å². The van der Waals surface area contributed by atoms with Gasteiger partial charge in [0.1, 0.15) is 0 Å². The molecule has 0 amide bonds. The normalized spacial score (nSPS) is 25.3. The van der Waals surface area contributed by atoms with Crippen molar-refractivity contribution >= 4 is 22.6 Å². The summed E-state index contributed by atoms with van der Waals surface area (Å²) in [6.45, 7) is 6.92. The third-order valence-corrected chi connectivity index (χ3v) is 6.06. The van der Waals surface area contributed by atoms with Gasteiger partial charge in [-0.3, -0.25) is 14.6 Å². The first-order valence-electron chi connectivity index (χ1n) is 8.70. The van der Waals surface area contributed by atoms with Crippen LogP contribution in [-0.4, -0.2) is 27.0 Å². The van der Waals surface area contributed by atoms with Gasteiger partial charge >= 0.3 is 0 Å². The number of aromatic nitrogens is 2. The first-order valence-corrected chi connectivity index (χ1v) is 9.58. The van der Waals surface area contributed by atoms with Gasteiger partial charge in [-0.2, -0.15) is 0 Å². The predicted octanol–water partition coefficient (Wildman–Crippen LogP) is 4.19. The third kappa shape index (κ3) is 3.09. The van der Waals surface area contributed by atoms with Gasteiger partial charge in [-0.1, -0.05) is 42.1 Å². The van der Waals surface area contributed by atoms with Gasteiger partial charge in [0.05, 0.1) is 27.5 Å². The van der Waals surface area contributed by atoms with Gasteiger partial charge in [0, 0.05) is 6.61 Å². The van der Waals surface area contributed by atoms with Gasteiger partial charge in [0.2, 0.25) is 0 Å². The van der Waals surface area contributed by atoms with E-state index in [1.54, 1.807) is 11.8 Å². The number of ether oxygens (including phenoxy) is 1. The zero-order valence-electron chi connectivity index (χ0n) is 14.8. The number of thioether (sulfide) groups is 1. The molecule has 0 saturated carbocycles. The van der Waals surface area contributed by atoms with Crippen molar-refractivity contribution < 1.29 is 4.74 Å². The molecule has 5 nitrogen and oxygen atoms in total. The van der Waals surface area contributed by atoms with Crippen LogP contribution in [0, 0.1) is 0 Å². The number of rotatable bonds is 2. The van der Waals surface area contributed by atoms with Gasteiger partial charge < -0.3 is 4.74 Å². The van der Waals surface area contributed by atoms with Crippen molar-refractivity contribution in [3.63, 3.8) is 0 Å². The number of fused-ring (bicyclic) bond motifs is 1. The number of aliphatic imine (C=N–C) groups is 1. The molecule has 0 spiro atoms. The molecule has 1 fully saturated rings. The van der Waals surface area contributed by atoms with E-state index >= 15 is 0 Å². The van der Waals surface area contributed by atoms with E-state index in [4.69, 9.17) is 9.73 Å². The Balaban J connectivity index is 1.80. The zero-order chi connectivity index (χ0) is 17.6. The van der Waals surface area contributed by atoms with E-state index in [-0.39, 0.29) is 22.5 Å². The molecule has 2 aliphatic rings. The number of hydrogen-bond donors (Lipinski definition) is 1. The summed E-state index contributed by atoms with van der Waals surface area (Å²) in [6, 6.07) is 10.4. The maximum absolute atomic E-state index is 12.8. The summed E-state index contributed by atoms with van der Waals surface area (Å²) in [6.07, 6.45) is 1.75. The number of nitrogens with one attached hydrogen (secondary N) is 1. The van der Waals surface area contributed by atoms with Crippen LogP contribution in [0.15, 0.2) is 40.1 Å². The van der Waals surface area contributed by atoms with E-state index < -0.39 is 0 Å². The van der Waals surface area contributed by atoms with Gasteiger partial charge in [-0.15, -0.1) is 0 Å². The van der Waals surface area contributed by atoms with Crippen LogP contribution in [0.5, 0.6) is 0 Å². The smallest absolute Gasteiger partial charge is 0.271 e. The lowest BCUT2D eigenvalue weighted by molar-refractivity contribution is -0.0705. The highest BCUT2D eigenvalue weighted by atomic mass is 32.2. The lowest BCUT2D eigenvalue weighted by atomic mass is 9.94. The fourth-order valence-corrected chi connectivity index (χ4v) is 4.86. The molecule has 2 aliphatic heterocycles. The molecular weight excluding hydrogens is 334 g/mol. The Bertz CT molecular complexity index is 867. The van der Waals surface area contributed by atoms with Crippen LogP contribution in [-0.2, 0) is 4.74 Å². The van der Waals surface area contributed by atoms with Crippen LogP contribution in [0.25, 0.3) is 0 Å². The lowest BCUT2D eigenvalue weighted by Crippen LogP contribution is -2.35. The summed E-state index contributed by atoms with van der Waals surface area (Å²) in [5, 5.41) is 4.05. The molecule has 132 valence electrons. The van der Waals surface area contributed by atoms with Gasteiger partial charge in [-0.05, 0) is 39.2 Å². The molecule has 3 heterocycles. The zero-order valence-corrected chi connectivity index (χ0v) is 15.6. The molecule has 1 N–H and O–H groups in total. The molecule has 0 radical (unpaired) electrons. The Labute approximate surface area is 151 Å². The molecule has 1 aromatic heterocycles. The molecule has 6 heteroatoms. The van der Waals surface area contributed by atoms with Gasteiger partial charge in [0.15, 0.2) is 5.82 Å². The Hall–Kier alpha value is -1.79. The molecular formula is C19H23N3O2S. The minimum Gasteiger partial charge on any atom is -0.375 e. The number of nitrogens with zero attached hydrogens (tertiary/aromatic N) is 2. The average molecular weight is 357 g/mol. The number of H-pyrrole nitrogens is 1. The van der Waals surface area contributed by atoms with E-state index in [9.17, 15) is 4.79 Å². The van der Waals surface area contributed by atoms with Crippen molar-refractivity contribution in [2.24, 2.45) is 4.99 Å². The molecule has 0 unspecified atom stereocenters. The van der Waals surface area contributed by atoms with Crippen LogP contribution >= 0.6 is 11.8 Å². The van der Waals surface area contributed by atoms with Crippen molar-refractivity contribution in [1.29, 1.82) is 0 Å².